The van der Waals surface area contributed by atoms with E-state index in [0.29, 0.717) is 18.2 Å². The minimum absolute atomic E-state index is 0.0868. The molecule has 6 nitrogen and oxygen atoms in total. The van der Waals surface area contributed by atoms with Gasteiger partial charge in [-0.3, -0.25) is 4.79 Å². The predicted molar refractivity (Wildman–Crippen MR) is 107 cm³/mol. The molecule has 0 bridgehead atoms. The minimum Gasteiger partial charge on any atom is -0.497 e. The van der Waals surface area contributed by atoms with Crippen LogP contribution in [-0.4, -0.2) is 50.7 Å². The Labute approximate surface area is 158 Å². The smallest absolute Gasteiger partial charge is 0.270 e. The van der Waals surface area contributed by atoms with Crippen LogP contribution >= 0.6 is 11.3 Å². The second kappa shape index (κ2) is 8.40. The van der Waals surface area contributed by atoms with E-state index in [4.69, 9.17) is 4.74 Å². The van der Waals surface area contributed by atoms with Crippen LogP contribution in [0.3, 0.4) is 0 Å². The number of ether oxygens (including phenoxy) is 1. The Morgan fingerprint density at radius 1 is 1.27 bits per heavy atom. The second-order valence-corrected chi connectivity index (χ2v) is 7.63. The normalized spacial score (nSPS) is 14.6. The number of aromatic nitrogens is 1. The third-order valence-corrected chi connectivity index (χ3v) is 5.27. The van der Waals surface area contributed by atoms with Crippen LogP contribution in [0.15, 0.2) is 29.6 Å². The van der Waals surface area contributed by atoms with E-state index in [-0.39, 0.29) is 5.91 Å². The number of methoxy groups -OCH3 is 1. The SMILES string of the molecule is COc1cccc(N2CCN(c3nc(C(=O)NCC(C)C)cs3)CC2)c1. The molecule has 140 valence electrons. The summed E-state index contributed by atoms with van der Waals surface area (Å²) >= 11 is 1.54. The second-order valence-electron chi connectivity index (χ2n) is 6.79. The molecule has 7 heteroatoms. The number of nitrogens with zero attached hydrogens (tertiary/aromatic N) is 3. The molecule has 2 heterocycles. The monoisotopic (exact) mass is 374 g/mol. The fourth-order valence-corrected chi connectivity index (χ4v) is 3.72. The van der Waals surface area contributed by atoms with Gasteiger partial charge in [-0.1, -0.05) is 19.9 Å². The topological polar surface area (TPSA) is 57.7 Å². The summed E-state index contributed by atoms with van der Waals surface area (Å²) in [5, 5.41) is 5.69. The molecule has 1 N–H and O–H groups in total. The van der Waals surface area contributed by atoms with Crippen LogP contribution in [0, 0.1) is 5.92 Å². The molecule has 3 rings (SSSR count). The van der Waals surface area contributed by atoms with E-state index in [1.165, 1.54) is 17.0 Å². The van der Waals surface area contributed by atoms with Crippen molar-refractivity contribution in [1.29, 1.82) is 0 Å². The third kappa shape index (κ3) is 4.46. The van der Waals surface area contributed by atoms with Crippen molar-refractivity contribution >= 4 is 28.1 Å². The van der Waals surface area contributed by atoms with Gasteiger partial charge in [-0.2, -0.15) is 0 Å². The Hall–Kier alpha value is -2.28. The Balaban J connectivity index is 1.57. The molecule has 0 atom stereocenters. The van der Waals surface area contributed by atoms with E-state index in [0.717, 1.165) is 37.1 Å². The molecule has 1 aromatic carbocycles. The number of rotatable bonds is 6. The third-order valence-electron chi connectivity index (χ3n) is 4.36. The van der Waals surface area contributed by atoms with Crippen molar-refractivity contribution < 1.29 is 9.53 Å². The summed E-state index contributed by atoms with van der Waals surface area (Å²) in [6, 6.07) is 8.15. The fraction of sp³-hybridized carbons (Fsp3) is 0.474. The molecule has 26 heavy (non-hydrogen) atoms. The minimum atomic E-state index is -0.0868. The number of hydrogen-bond acceptors (Lipinski definition) is 6. The lowest BCUT2D eigenvalue weighted by Crippen LogP contribution is -2.46. The van der Waals surface area contributed by atoms with Gasteiger partial charge < -0.3 is 19.9 Å². The Morgan fingerprint density at radius 2 is 2.00 bits per heavy atom. The highest BCUT2D eigenvalue weighted by Crippen LogP contribution is 2.25. The molecule has 1 amide bonds. The van der Waals surface area contributed by atoms with Gasteiger partial charge in [-0.25, -0.2) is 4.98 Å². The Morgan fingerprint density at radius 3 is 2.69 bits per heavy atom. The number of benzene rings is 1. The highest BCUT2D eigenvalue weighted by molar-refractivity contribution is 7.13. The largest absolute Gasteiger partial charge is 0.497 e. The lowest BCUT2D eigenvalue weighted by Gasteiger charge is -2.36. The molecule has 0 unspecified atom stereocenters. The van der Waals surface area contributed by atoms with E-state index in [1.807, 2.05) is 17.5 Å². The highest BCUT2D eigenvalue weighted by atomic mass is 32.1. The summed E-state index contributed by atoms with van der Waals surface area (Å²) in [7, 11) is 1.69. The zero-order chi connectivity index (χ0) is 18.5. The molecule has 1 aromatic heterocycles. The molecule has 1 aliphatic heterocycles. The summed E-state index contributed by atoms with van der Waals surface area (Å²) in [4.78, 5) is 21.3. The Bertz CT molecular complexity index is 739. The van der Waals surface area contributed by atoms with E-state index < -0.39 is 0 Å². The number of hydrogen-bond donors (Lipinski definition) is 1. The van der Waals surface area contributed by atoms with Gasteiger partial charge in [-0.15, -0.1) is 11.3 Å². The number of thiazole rings is 1. The van der Waals surface area contributed by atoms with Crippen LogP contribution in [0.1, 0.15) is 24.3 Å². The summed E-state index contributed by atoms with van der Waals surface area (Å²) in [5.74, 6) is 1.22. The maximum atomic E-state index is 12.1. The van der Waals surface area contributed by atoms with Gasteiger partial charge in [0.25, 0.3) is 5.91 Å². The van der Waals surface area contributed by atoms with Gasteiger partial charge in [0, 0.05) is 49.9 Å². The maximum Gasteiger partial charge on any atom is 0.270 e. The summed E-state index contributed by atoms with van der Waals surface area (Å²) < 4.78 is 5.31. The number of carbonyl (C=O) groups excluding carboxylic acids is 1. The van der Waals surface area contributed by atoms with Crippen LogP contribution < -0.4 is 19.9 Å². The van der Waals surface area contributed by atoms with Gasteiger partial charge in [0.2, 0.25) is 0 Å². The van der Waals surface area contributed by atoms with Gasteiger partial charge in [0.05, 0.1) is 7.11 Å². The van der Waals surface area contributed by atoms with Gasteiger partial charge >= 0.3 is 0 Å². The average Bonchev–Trinajstić information content (AvgIpc) is 3.16. The lowest BCUT2D eigenvalue weighted by atomic mass is 10.2. The van der Waals surface area contributed by atoms with Crippen LogP contribution in [-0.2, 0) is 0 Å². The molecule has 1 saturated heterocycles. The molecule has 2 aromatic rings. The van der Waals surface area contributed by atoms with Crippen LogP contribution in [0.2, 0.25) is 0 Å². The van der Waals surface area contributed by atoms with Crippen molar-refractivity contribution in [2.24, 2.45) is 5.92 Å². The fourth-order valence-electron chi connectivity index (χ4n) is 2.86. The number of anilines is 2. The first-order valence-electron chi connectivity index (χ1n) is 8.94. The molecule has 0 spiro atoms. The molecule has 1 fully saturated rings. The van der Waals surface area contributed by atoms with Crippen LogP contribution in [0.5, 0.6) is 5.75 Å². The van der Waals surface area contributed by atoms with Crippen LogP contribution in [0.4, 0.5) is 10.8 Å². The van der Waals surface area contributed by atoms with Crippen molar-refractivity contribution in [2.45, 2.75) is 13.8 Å². The first kappa shape index (κ1) is 18.5. The Kier molecular flexibility index (Phi) is 5.98. The lowest BCUT2D eigenvalue weighted by molar-refractivity contribution is 0.0945. The van der Waals surface area contributed by atoms with E-state index in [1.54, 1.807) is 7.11 Å². The van der Waals surface area contributed by atoms with Gasteiger partial charge in [0.15, 0.2) is 5.13 Å². The zero-order valence-corrected chi connectivity index (χ0v) is 16.4. The first-order valence-corrected chi connectivity index (χ1v) is 9.82. The number of amides is 1. The van der Waals surface area contributed by atoms with Crippen molar-refractivity contribution in [3.05, 3.63) is 35.3 Å². The van der Waals surface area contributed by atoms with Crippen molar-refractivity contribution in [3.8, 4) is 5.75 Å². The molecule has 1 aliphatic rings. The molecular weight excluding hydrogens is 348 g/mol. The van der Waals surface area contributed by atoms with Crippen molar-refractivity contribution in [3.63, 3.8) is 0 Å². The summed E-state index contributed by atoms with van der Waals surface area (Å²) in [5.41, 5.74) is 1.69. The summed E-state index contributed by atoms with van der Waals surface area (Å²) in [6.45, 7) is 8.44. The van der Waals surface area contributed by atoms with E-state index in [2.05, 4.69) is 46.1 Å². The number of piperazine rings is 1. The standard InChI is InChI=1S/C19H26N4O2S/c1-14(2)12-20-18(24)17-13-26-19(21-17)23-9-7-22(8-10-23)15-5-4-6-16(11-15)25-3/h4-6,11,13-14H,7-10,12H2,1-3H3,(H,20,24). The highest BCUT2D eigenvalue weighted by Gasteiger charge is 2.21. The van der Waals surface area contributed by atoms with Crippen LogP contribution in [0.25, 0.3) is 0 Å². The quantitative estimate of drug-likeness (QED) is 0.843. The predicted octanol–water partition coefficient (Wildman–Crippen LogP) is 2.86. The zero-order valence-electron chi connectivity index (χ0n) is 15.6. The van der Waals surface area contributed by atoms with E-state index in [9.17, 15) is 4.79 Å². The van der Waals surface area contributed by atoms with Crippen molar-refractivity contribution in [2.75, 3.05) is 49.6 Å². The number of carbonyl (C=O) groups is 1. The molecular formula is C19H26N4O2S. The summed E-state index contributed by atoms with van der Waals surface area (Å²) in [6.07, 6.45) is 0. The van der Waals surface area contributed by atoms with E-state index >= 15 is 0 Å². The van der Waals surface area contributed by atoms with Crippen molar-refractivity contribution in [1.82, 2.24) is 10.3 Å². The van der Waals surface area contributed by atoms with Gasteiger partial charge in [-0.05, 0) is 18.1 Å². The molecule has 0 aliphatic carbocycles. The maximum absolute atomic E-state index is 12.1. The first-order chi connectivity index (χ1) is 12.6. The van der Waals surface area contributed by atoms with Gasteiger partial charge in [0.1, 0.15) is 11.4 Å². The average molecular weight is 375 g/mol. The molecule has 0 saturated carbocycles. The molecule has 0 radical (unpaired) electrons. The number of nitrogens with one attached hydrogen (secondary N) is 1.